The van der Waals surface area contributed by atoms with Gasteiger partial charge in [-0.05, 0) is 13.8 Å². The van der Waals surface area contributed by atoms with Crippen LogP contribution in [0.4, 0.5) is 0 Å². The van der Waals surface area contributed by atoms with Gasteiger partial charge in [0.25, 0.3) is 0 Å². The zero-order valence-electron chi connectivity index (χ0n) is 10.0. The molecule has 1 aliphatic heterocycles. The number of hydrogen-bond donors (Lipinski definition) is 1. The molecule has 0 aromatic heterocycles. The van der Waals surface area contributed by atoms with E-state index in [-0.39, 0.29) is 6.04 Å². The maximum Gasteiger partial charge on any atom is 0.211 e. The molecule has 0 radical (unpaired) electrons. The third kappa shape index (κ3) is 3.64. The molecule has 1 aliphatic rings. The zero-order chi connectivity index (χ0) is 12.3. The second-order valence-corrected chi connectivity index (χ2v) is 6.21. The molecule has 2 N–H and O–H groups in total. The van der Waals surface area contributed by atoms with Gasteiger partial charge in [-0.15, -0.1) is 0 Å². The van der Waals surface area contributed by atoms with E-state index in [4.69, 9.17) is 5.73 Å². The van der Waals surface area contributed by atoms with Crippen LogP contribution in [0, 0.1) is 0 Å². The SMILES string of the molecule is CC(C)N=C(N)N1CCN(S(C)(=O)=O)CC1. The van der Waals surface area contributed by atoms with Gasteiger partial charge >= 0.3 is 0 Å². The number of guanidine groups is 1. The molecule has 0 saturated carbocycles. The van der Waals surface area contributed by atoms with Gasteiger partial charge in [-0.1, -0.05) is 0 Å². The summed E-state index contributed by atoms with van der Waals surface area (Å²) in [6.07, 6.45) is 1.23. The van der Waals surface area contributed by atoms with Crippen LogP contribution in [0.15, 0.2) is 4.99 Å². The molecule has 1 saturated heterocycles. The lowest BCUT2D eigenvalue weighted by Gasteiger charge is -2.34. The number of piperazine rings is 1. The fourth-order valence-corrected chi connectivity index (χ4v) is 2.42. The molecule has 1 rings (SSSR count). The Morgan fingerprint density at radius 1 is 1.25 bits per heavy atom. The molecule has 0 atom stereocenters. The van der Waals surface area contributed by atoms with E-state index in [2.05, 4.69) is 4.99 Å². The lowest BCUT2D eigenvalue weighted by molar-refractivity contribution is 0.264. The Morgan fingerprint density at radius 3 is 2.12 bits per heavy atom. The molecule has 0 aromatic carbocycles. The topological polar surface area (TPSA) is 79.0 Å². The summed E-state index contributed by atoms with van der Waals surface area (Å²) in [6, 6.07) is 0.160. The first-order valence-corrected chi connectivity index (χ1v) is 7.19. The van der Waals surface area contributed by atoms with Crippen LogP contribution in [0.2, 0.25) is 0 Å². The summed E-state index contributed by atoms with van der Waals surface area (Å²) in [7, 11) is -3.07. The second kappa shape index (κ2) is 5.01. The first-order valence-electron chi connectivity index (χ1n) is 5.34. The van der Waals surface area contributed by atoms with Gasteiger partial charge in [0.05, 0.1) is 6.26 Å². The standard InChI is InChI=1S/C9H20N4O2S/c1-8(2)11-9(10)12-4-6-13(7-5-12)16(3,14)15/h8H,4-7H2,1-3H3,(H2,10,11). The molecule has 7 heteroatoms. The highest BCUT2D eigenvalue weighted by molar-refractivity contribution is 7.88. The maximum atomic E-state index is 11.3. The van der Waals surface area contributed by atoms with Crippen LogP contribution in [0.1, 0.15) is 13.8 Å². The largest absolute Gasteiger partial charge is 0.370 e. The van der Waals surface area contributed by atoms with E-state index in [0.29, 0.717) is 32.1 Å². The summed E-state index contributed by atoms with van der Waals surface area (Å²) >= 11 is 0. The number of nitrogens with two attached hydrogens (primary N) is 1. The molecule has 0 aromatic rings. The summed E-state index contributed by atoms with van der Waals surface area (Å²) in [5.74, 6) is 0.503. The molecule has 6 nitrogen and oxygen atoms in total. The number of rotatable bonds is 2. The minimum absolute atomic E-state index is 0.160. The van der Waals surface area contributed by atoms with E-state index in [1.807, 2.05) is 18.7 Å². The third-order valence-electron chi connectivity index (χ3n) is 2.42. The van der Waals surface area contributed by atoms with Crippen molar-refractivity contribution in [3.8, 4) is 0 Å². The fourth-order valence-electron chi connectivity index (χ4n) is 1.60. The van der Waals surface area contributed by atoms with Crippen molar-refractivity contribution < 1.29 is 8.42 Å². The van der Waals surface area contributed by atoms with Crippen LogP contribution in [-0.4, -0.2) is 62.1 Å². The summed E-state index contributed by atoms with van der Waals surface area (Å²) in [5, 5.41) is 0. The third-order valence-corrected chi connectivity index (χ3v) is 3.73. The zero-order valence-corrected chi connectivity index (χ0v) is 10.9. The van der Waals surface area contributed by atoms with Crippen LogP contribution in [0.25, 0.3) is 0 Å². The van der Waals surface area contributed by atoms with Crippen LogP contribution in [0.3, 0.4) is 0 Å². The average Bonchev–Trinajstić information content (AvgIpc) is 2.15. The highest BCUT2D eigenvalue weighted by Gasteiger charge is 2.24. The first kappa shape index (κ1) is 13.2. The maximum absolute atomic E-state index is 11.3. The van der Waals surface area contributed by atoms with Gasteiger partial charge in [0, 0.05) is 32.2 Å². The molecular weight excluding hydrogens is 228 g/mol. The Labute approximate surface area is 97.2 Å². The summed E-state index contributed by atoms with van der Waals surface area (Å²) in [4.78, 5) is 6.16. The Morgan fingerprint density at radius 2 is 1.75 bits per heavy atom. The predicted octanol–water partition coefficient (Wildman–Crippen LogP) is -0.713. The number of aliphatic imine (C=N–C) groups is 1. The lowest BCUT2D eigenvalue weighted by Crippen LogP contribution is -2.52. The van der Waals surface area contributed by atoms with Gasteiger partial charge in [-0.25, -0.2) is 8.42 Å². The van der Waals surface area contributed by atoms with Gasteiger partial charge in [0.15, 0.2) is 5.96 Å². The lowest BCUT2D eigenvalue weighted by atomic mass is 10.4. The minimum atomic E-state index is -3.07. The fraction of sp³-hybridized carbons (Fsp3) is 0.889. The van der Waals surface area contributed by atoms with Crippen molar-refractivity contribution in [2.75, 3.05) is 32.4 Å². The van der Waals surface area contributed by atoms with Gasteiger partial charge < -0.3 is 10.6 Å². The van der Waals surface area contributed by atoms with E-state index >= 15 is 0 Å². The Balaban J connectivity index is 2.56. The van der Waals surface area contributed by atoms with Crippen LogP contribution >= 0.6 is 0 Å². The summed E-state index contributed by atoms with van der Waals surface area (Å²) < 4.78 is 24.0. The van der Waals surface area contributed by atoms with Crippen molar-refractivity contribution in [2.45, 2.75) is 19.9 Å². The molecule has 94 valence electrons. The molecule has 16 heavy (non-hydrogen) atoms. The summed E-state index contributed by atoms with van der Waals surface area (Å²) in [5.41, 5.74) is 5.81. The average molecular weight is 248 g/mol. The van der Waals surface area contributed by atoms with Crippen molar-refractivity contribution in [1.82, 2.24) is 9.21 Å². The number of hydrogen-bond acceptors (Lipinski definition) is 3. The minimum Gasteiger partial charge on any atom is -0.370 e. The van der Waals surface area contributed by atoms with Crippen LogP contribution in [0.5, 0.6) is 0 Å². The predicted molar refractivity (Wildman–Crippen MR) is 64.7 cm³/mol. The Hall–Kier alpha value is -0.820. The normalized spacial score (nSPS) is 20.5. The van der Waals surface area contributed by atoms with Crippen molar-refractivity contribution in [2.24, 2.45) is 10.7 Å². The molecule has 0 aliphatic carbocycles. The van der Waals surface area contributed by atoms with Gasteiger partial charge in [0.2, 0.25) is 10.0 Å². The number of sulfonamides is 1. The smallest absolute Gasteiger partial charge is 0.211 e. The van der Waals surface area contributed by atoms with Crippen molar-refractivity contribution in [1.29, 1.82) is 0 Å². The monoisotopic (exact) mass is 248 g/mol. The Bertz CT molecular complexity index is 356. The molecule has 0 amide bonds. The van der Waals surface area contributed by atoms with E-state index in [1.54, 1.807) is 0 Å². The van der Waals surface area contributed by atoms with Crippen LogP contribution in [-0.2, 0) is 10.0 Å². The molecule has 0 spiro atoms. The second-order valence-electron chi connectivity index (χ2n) is 4.23. The van der Waals surface area contributed by atoms with E-state index in [1.165, 1.54) is 10.6 Å². The van der Waals surface area contributed by atoms with Crippen molar-refractivity contribution in [3.63, 3.8) is 0 Å². The first-order chi connectivity index (χ1) is 7.30. The van der Waals surface area contributed by atoms with Gasteiger partial charge in [0.1, 0.15) is 0 Å². The van der Waals surface area contributed by atoms with E-state index in [9.17, 15) is 8.42 Å². The van der Waals surface area contributed by atoms with Gasteiger partial charge in [-0.3, -0.25) is 4.99 Å². The molecule has 0 bridgehead atoms. The molecular formula is C9H20N4O2S. The number of nitrogens with zero attached hydrogens (tertiary/aromatic N) is 3. The van der Waals surface area contributed by atoms with Crippen LogP contribution < -0.4 is 5.73 Å². The highest BCUT2D eigenvalue weighted by Crippen LogP contribution is 2.05. The quantitative estimate of drug-likeness (QED) is 0.517. The molecule has 0 unspecified atom stereocenters. The molecule has 1 heterocycles. The summed E-state index contributed by atoms with van der Waals surface area (Å²) in [6.45, 7) is 6.09. The van der Waals surface area contributed by atoms with Crippen molar-refractivity contribution >= 4 is 16.0 Å². The van der Waals surface area contributed by atoms with E-state index < -0.39 is 10.0 Å². The van der Waals surface area contributed by atoms with Crippen molar-refractivity contribution in [3.05, 3.63) is 0 Å². The molecule has 1 fully saturated rings. The van der Waals surface area contributed by atoms with Gasteiger partial charge in [-0.2, -0.15) is 4.31 Å². The Kier molecular flexibility index (Phi) is 4.15. The highest BCUT2D eigenvalue weighted by atomic mass is 32.2. The van der Waals surface area contributed by atoms with E-state index in [0.717, 1.165) is 0 Å².